The molecule has 5 aliphatic rings. The molecule has 64 heavy (non-hydrogen) atoms. The third-order valence-corrected chi connectivity index (χ3v) is 14.5. The summed E-state index contributed by atoms with van der Waals surface area (Å²) in [5.74, 6) is 1.20. The summed E-state index contributed by atoms with van der Waals surface area (Å²) in [5.41, 5.74) is 8.01. The highest BCUT2D eigenvalue weighted by atomic mass is 16.5. The highest BCUT2D eigenvalue weighted by Crippen LogP contribution is 2.45. The van der Waals surface area contributed by atoms with Crippen molar-refractivity contribution >= 4 is 46.2 Å². The second-order valence-electron chi connectivity index (χ2n) is 18.2. The molecule has 0 unspecified atom stereocenters. The van der Waals surface area contributed by atoms with Gasteiger partial charge in [0.1, 0.15) is 30.3 Å². The Morgan fingerprint density at radius 1 is 0.859 bits per heavy atom. The van der Waals surface area contributed by atoms with Crippen molar-refractivity contribution in [2.45, 2.75) is 122 Å². The highest BCUT2D eigenvalue weighted by Gasteiger charge is 2.44. The Morgan fingerprint density at radius 2 is 1.58 bits per heavy atom. The number of fused-ring (bicyclic) bond motifs is 6. The van der Waals surface area contributed by atoms with Crippen molar-refractivity contribution in [3.8, 4) is 28.1 Å². The number of hydrogen-bond donors (Lipinski definition) is 3. The number of imidazole rings is 1. The van der Waals surface area contributed by atoms with Crippen molar-refractivity contribution in [2.24, 2.45) is 16.8 Å². The van der Waals surface area contributed by atoms with Crippen LogP contribution in [0.3, 0.4) is 0 Å². The van der Waals surface area contributed by atoms with E-state index >= 15 is 0 Å². The Morgan fingerprint density at radius 3 is 2.31 bits per heavy atom. The van der Waals surface area contributed by atoms with Crippen LogP contribution in [-0.2, 0) is 36.8 Å². The Hall–Kier alpha value is -5.96. The number of methoxy groups -OCH3 is 2. The molecule has 3 aromatic carbocycles. The predicted molar refractivity (Wildman–Crippen MR) is 241 cm³/mol. The minimum Gasteiger partial charge on any atom is -0.488 e. The molecule has 15 heteroatoms. The zero-order valence-corrected chi connectivity index (χ0v) is 37.6. The number of amides is 4. The number of carbonyl (C=O) groups excluding carboxylic acids is 4. The summed E-state index contributed by atoms with van der Waals surface area (Å²) >= 11 is 0. The Kier molecular flexibility index (Phi) is 12.1. The van der Waals surface area contributed by atoms with Gasteiger partial charge in [-0.3, -0.25) is 14.6 Å². The van der Waals surface area contributed by atoms with Crippen LogP contribution >= 0.6 is 0 Å². The third-order valence-electron chi connectivity index (χ3n) is 14.5. The van der Waals surface area contributed by atoms with Crippen LogP contribution in [0.25, 0.3) is 33.2 Å². The molecule has 7 atom stereocenters. The van der Waals surface area contributed by atoms with Crippen molar-refractivity contribution in [2.75, 3.05) is 27.4 Å². The molecule has 4 aromatic rings. The molecule has 3 N–H and O–H groups in total. The van der Waals surface area contributed by atoms with E-state index < -0.39 is 24.3 Å². The number of likely N-dealkylation sites (tertiary alicyclic amines) is 2. The van der Waals surface area contributed by atoms with E-state index in [0.29, 0.717) is 39.1 Å². The van der Waals surface area contributed by atoms with Crippen molar-refractivity contribution < 1.29 is 38.1 Å². The first kappa shape index (κ1) is 43.3. The molecule has 0 aliphatic carbocycles. The number of rotatable bonds is 10. The summed E-state index contributed by atoms with van der Waals surface area (Å²) in [4.78, 5) is 70.5. The van der Waals surface area contributed by atoms with Crippen LogP contribution in [0.1, 0.15) is 95.6 Å². The molecule has 0 spiro atoms. The summed E-state index contributed by atoms with van der Waals surface area (Å²) in [7, 11) is 2.63. The van der Waals surface area contributed by atoms with Gasteiger partial charge >= 0.3 is 12.2 Å². The number of nitrogens with one attached hydrogen (secondary N) is 3. The SMILES string of the molecule is CC[C@H](C)[C@H](NC(=O)OC)C(=O)N1[C@@H](C)CC[C@H]1C1=Nc2ccc3cc4c(cc3c2C1)OCc1cc(-c2cnc([C@@H]3CC[C@H](C)N3C(=O)[C@@H](NC(=O)OC)C3CCOCC3)[nH]2)ccc1-4. The maximum Gasteiger partial charge on any atom is 0.407 e. The molecule has 9 rings (SSSR count). The number of hydrogen-bond acceptors (Lipinski definition) is 10. The van der Waals surface area contributed by atoms with Crippen LogP contribution in [0.2, 0.25) is 0 Å². The van der Waals surface area contributed by atoms with Gasteiger partial charge < -0.3 is 44.4 Å². The molecule has 3 fully saturated rings. The van der Waals surface area contributed by atoms with Gasteiger partial charge in [-0.05, 0) is 121 Å². The predicted octanol–water partition coefficient (Wildman–Crippen LogP) is 7.77. The number of nitrogens with zero attached hydrogens (tertiary/aromatic N) is 4. The normalized spacial score (nSPS) is 23.0. The van der Waals surface area contributed by atoms with Gasteiger partial charge in [-0.1, -0.05) is 38.5 Å². The molecule has 6 heterocycles. The maximum atomic E-state index is 14.3. The summed E-state index contributed by atoms with van der Waals surface area (Å²) < 4.78 is 21.9. The van der Waals surface area contributed by atoms with E-state index in [9.17, 15) is 19.2 Å². The van der Waals surface area contributed by atoms with Gasteiger partial charge in [0.05, 0.1) is 43.9 Å². The van der Waals surface area contributed by atoms with Crippen LogP contribution in [0.5, 0.6) is 5.75 Å². The number of aliphatic imine (C=N–C) groups is 1. The third kappa shape index (κ3) is 7.96. The van der Waals surface area contributed by atoms with Crippen LogP contribution in [0, 0.1) is 11.8 Å². The zero-order chi connectivity index (χ0) is 44.8. The molecule has 338 valence electrons. The molecule has 4 amide bonds. The molecule has 1 aromatic heterocycles. The lowest BCUT2D eigenvalue weighted by Gasteiger charge is -2.36. The zero-order valence-electron chi connectivity index (χ0n) is 37.6. The first-order valence-electron chi connectivity index (χ1n) is 22.9. The first-order valence-corrected chi connectivity index (χ1v) is 22.9. The van der Waals surface area contributed by atoms with Gasteiger partial charge in [-0.2, -0.15) is 0 Å². The number of carbonyl (C=O) groups is 4. The van der Waals surface area contributed by atoms with Crippen molar-refractivity contribution in [3.05, 3.63) is 65.6 Å². The van der Waals surface area contributed by atoms with E-state index in [2.05, 4.69) is 71.9 Å². The Balaban J connectivity index is 0.932. The summed E-state index contributed by atoms with van der Waals surface area (Å²) in [6, 6.07) is 13.1. The van der Waals surface area contributed by atoms with E-state index in [4.69, 9.17) is 28.9 Å². The topological polar surface area (TPSA) is 177 Å². The van der Waals surface area contributed by atoms with Gasteiger partial charge in [-0.25, -0.2) is 14.6 Å². The highest BCUT2D eigenvalue weighted by molar-refractivity contribution is 6.06. The molecule has 0 radical (unpaired) electrons. The number of benzene rings is 3. The lowest BCUT2D eigenvalue weighted by Crippen LogP contribution is -2.55. The van der Waals surface area contributed by atoms with Gasteiger partial charge in [0, 0.05) is 43.0 Å². The van der Waals surface area contributed by atoms with Crippen LogP contribution in [0.15, 0.2) is 53.7 Å². The molecule has 0 saturated carbocycles. The number of aromatic nitrogens is 2. The average Bonchev–Trinajstić information content (AvgIpc) is 4.14. The second-order valence-corrected chi connectivity index (χ2v) is 18.2. The number of alkyl carbamates (subject to hydrolysis) is 2. The van der Waals surface area contributed by atoms with Gasteiger partial charge in [0.25, 0.3) is 0 Å². The fourth-order valence-electron chi connectivity index (χ4n) is 10.7. The minimum absolute atomic E-state index is 0.0126. The van der Waals surface area contributed by atoms with E-state index in [1.165, 1.54) is 14.2 Å². The fraction of sp³-hybridized carbons (Fsp3) is 0.510. The van der Waals surface area contributed by atoms with Crippen molar-refractivity contribution in [1.82, 2.24) is 30.4 Å². The van der Waals surface area contributed by atoms with E-state index in [1.54, 1.807) is 0 Å². The number of aromatic amines is 1. The van der Waals surface area contributed by atoms with E-state index in [1.807, 2.05) is 29.8 Å². The standard InChI is InChI=1S/C49H59N7O8/c1-7-26(2)43(53-48(59)61-5)46(57)55-27(3)8-14-40(55)38-22-35-34-23-42-36(21-30(34)11-13-37(35)51-38)33-12-10-31(20-32(33)25-64-42)39-24-50-45(52-39)41-15-9-28(4)56(41)47(58)44(54-49(60)62-6)29-16-18-63-19-17-29/h10-13,20-21,23-24,26-29,40-41,43-44H,7-9,14-19,22,25H2,1-6H3,(H,50,52)(H,53,59)(H,54,60)/t26-,27-,28-,40-,41-,43-,44-/m0/s1. The van der Waals surface area contributed by atoms with Crippen molar-refractivity contribution in [1.29, 1.82) is 0 Å². The smallest absolute Gasteiger partial charge is 0.407 e. The molecule has 3 saturated heterocycles. The maximum absolute atomic E-state index is 14.3. The molecular formula is C49H59N7O8. The average molecular weight is 874 g/mol. The van der Waals surface area contributed by atoms with E-state index in [0.717, 1.165) is 99.4 Å². The fourth-order valence-corrected chi connectivity index (χ4v) is 10.7. The molecular weight excluding hydrogens is 815 g/mol. The summed E-state index contributed by atoms with van der Waals surface area (Å²) in [6.45, 7) is 9.62. The summed E-state index contributed by atoms with van der Waals surface area (Å²) in [5, 5.41) is 7.83. The second kappa shape index (κ2) is 17.9. The largest absolute Gasteiger partial charge is 0.488 e. The van der Waals surface area contributed by atoms with Gasteiger partial charge in [0.15, 0.2) is 0 Å². The molecule has 0 bridgehead atoms. The van der Waals surface area contributed by atoms with Gasteiger partial charge in [0.2, 0.25) is 11.8 Å². The molecule has 5 aliphatic heterocycles. The van der Waals surface area contributed by atoms with Gasteiger partial charge in [-0.15, -0.1) is 0 Å². The van der Waals surface area contributed by atoms with E-state index in [-0.39, 0.29) is 47.8 Å². The number of ether oxygens (including phenoxy) is 4. The van der Waals surface area contributed by atoms with Crippen LogP contribution in [-0.4, -0.2) is 107 Å². The quantitative estimate of drug-likeness (QED) is 0.144. The van der Waals surface area contributed by atoms with Crippen molar-refractivity contribution in [3.63, 3.8) is 0 Å². The lowest BCUT2D eigenvalue weighted by atomic mass is 9.90. The van der Waals surface area contributed by atoms with Crippen LogP contribution < -0.4 is 15.4 Å². The summed E-state index contributed by atoms with van der Waals surface area (Å²) in [6.07, 6.45) is 6.58. The number of H-pyrrole nitrogens is 1. The Bertz CT molecular complexity index is 2500. The van der Waals surface area contributed by atoms with Crippen LogP contribution in [0.4, 0.5) is 15.3 Å². The minimum atomic E-state index is -0.711. The monoisotopic (exact) mass is 873 g/mol. The first-order chi connectivity index (χ1) is 31.0. The molecule has 15 nitrogen and oxygen atoms in total. The lowest BCUT2D eigenvalue weighted by molar-refractivity contribution is -0.138. The Labute approximate surface area is 373 Å².